The highest BCUT2D eigenvalue weighted by Gasteiger charge is 2.46. The molecular weight excluding hydrogens is 1180 g/mol. The average Bonchev–Trinajstić information content (AvgIpc) is 0.741. The van der Waals surface area contributed by atoms with E-state index in [1.165, 1.54) is 0 Å². The monoisotopic (exact) mass is 1210 g/mol. The summed E-state index contributed by atoms with van der Waals surface area (Å²) in [7, 11) is 0. The summed E-state index contributed by atoms with van der Waals surface area (Å²) in [4.78, 5) is 57.6. The Hall–Kier alpha value is -9.88. The average molecular weight is 1210 g/mol. The molecule has 0 bridgehead atoms. The lowest BCUT2D eigenvalue weighted by Gasteiger charge is -2.30. The van der Waals surface area contributed by atoms with Crippen LogP contribution in [0.2, 0.25) is 0 Å². The van der Waals surface area contributed by atoms with Gasteiger partial charge in [0.15, 0.2) is 0 Å². The molecule has 0 atom stereocenters. The molecule has 4 amide bonds. The van der Waals surface area contributed by atoms with Crippen molar-refractivity contribution in [3.63, 3.8) is 0 Å². The van der Waals surface area contributed by atoms with Gasteiger partial charge in [-0.15, -0.1) is 0 Å². The van der Waals surface area contributed by atoms with Gasteiger partial charge in [0, 0.05) is 44.4 Å². The van der Waals surface area contributed by atoms with Gasteiger partial charge in [-0.25, -0.2) is 9.80 Å². The fourth-order valence-corrected chi connectivity index (χ4v) is 11.0. The van der Waals surface area contributed by atoms with E-state index < -0.39 is 205 Å². The van der Waals surface area contributed by atoms with E-state index in [2.05, 4.69) is 0 Å². The van der Waals surface area contributed by atoms with E-state index in [4.69, 9.17) is 11.5 Å². The number of amides is 4. The minimum atomic E-state index is -5.56. The highest BCUT2D eigenvalue weighted by molar-refractivity contribution is 6.38. The van der Waals surface area contributed by atoms with Gasteiger partial charge in [-0.05, 0) is 140 Å². The van der Waals surface area contributed by atoms with E-state index >= 15 is 26.3 Å². The van der Waals surface area contributed by atoms with Gasteiger partial charge in [0.05, 0.1) is 44.8 Å². The molecule has 0 aliphatic carbocycles. The largest absolute Gasteiger partial charge is 0.417 e. The molecule has 0 fully saturated rings. The second kappa shape index (κ2) is 19.3. The molecular formula is C60H28F18N4O4. The summed E-state index contributed by atoms with van der Waals surface area (Å²) in [6, 6.07) is 16.7. The third-order valence-corrected chi connectivity index (χ3v) is 14.6. The minimum absolute atomic E-state index is 0.115. The van der Waals surface area contributed by atoms with Crippen LogP contribution in [0.5, 0.6) is 0 Å². The van der Waals surface area contributed by atoms with Crippen molar-refractivity contribution in [2.75, 3.05) is 21.3 Å². The number of nitrogen functional groups attached to an aromatic ring is 2. The fourth-order valence-electron chi connectivity index (χ4n) is 11.0. The van der Waals surface area contributed by atoms with Crippen molar-refractivity contribution in [1.82, 2.24) is 0 Å². The van der Waals surface area contributed by atoms with Crippen molar-refractivity contribution in [1.29, 1.82) is 0 Å². The molecule has 4 N–H and O–H groups in total. The molecule has 0 unspecified atom stereocenters. The van der Waals surface area contributed by atoms with Gasteiger partial charge in [-0.2, -0.15) is 79.0 Å². The van der Waals surface area contributed by atoms with Gasteiger partial charge >= 0.3 is 37.1 Å². The Morgan fingerprint density at radius 2 is 0.500 bits per heavy atom. The van der Waals surface area contributed by atoms with Crippen LogP contribution in [-0.4, -0.2) is 23.6 Å². The quantitative estimate of drug-likeness (QED) is 0.0970. The van der Waals surface area contributed by atoms with Crippen LogP contribution in [0, 0.1) is 0 Å². The molecule has 438 valence electrons. The normalized spacial score (nSPS) is 14.3. The standard InChI is InChI=1S/C60H28F18N4O4/c61-55(62,63)43-19-25(79)7-11-31(43)33-13-9-27(21-45(33)57(67,68)69)81-51(83)37-5-1-3-35-29(15-17-39(49(35)37)53(81)85)41-23-48(60(76,77)78)42(24-47(41)59(73,74)75)30-16-18-40-50-36(30)4-2-6-38(50)52(84)82(54(40)86)28-10-14-34(46(22-28)58(70,71)72)32-12-8-26(80)20-44(32)56(64,65)66/h1-24H,79-80H2. The van der Waals surface area contributed by atoms with Crippen molar-refractivity contribution in [2.24, 2.45) is 0 Å². The lowest BCUT2D eigenvalue weighted by Crippen LogP contribution is -2.40. The maximum atomic E-state index is 15.6. The van der Waals surface area contributed by atoms with Crippen LogP contribution in [0.25, 0.3) is 66.1 Å². The van der Waals surface area contributed by atoms with Crippen molar-refractivity contribution in [2.45, 2.75) is 37.1 Å². The van der Waals surface area contributed by atoms with Crippen LogP contribution in [-0.2, 0) is 37.1 Å². The lowest BCUT2D eigenvalue weighted by atomic mass is 9.83. The van der Waals surface area contributed by atoms with Crippen molar-refractivity contribution in [3.05, 3.63) is 201 Å². The van der Waals surface area contributed by atoms with E-state index in [1.807, 2.05) is 0 Å². The van der Waals surface area contributed by atoms with E-state index in [1.54, 1.807) is 0 Å². The number of rotatable bonds is 6. The van der Waals surface area contributed by atoms with Crippen LogP contribution >= 0.6 is 0 Å². The molecule has 0 aromatic heterocycles. The first-order chi connectivity index (χ1) is 40.0. The summed E-state index contributed by atoms with van der Waals surface area (Å²) in [5, 5.41) is -1.81. The van der Waals surface area contributed by atoms with Crippen LogP contribution in [0.15, 0.2) is 146 Å². The van der Waals surface area contributed by atoms with E-state index in [-0.39, 0.29) is 34.1 Å². The Kier molecular flexibility index (Phi) is 13.0. The number of hydrogen-bond acceptors (Lipinski definition) is 6. The maximum Gasteiger partial charge on any atom is 0.417 e. The predicted octanol–water partition coefficient (Wildman–Crippen LogP) is 17.5. The highest BCUT2D eigenvalue weighted by Crippen LogP contribution is 2.52. The van der Waals surface area contributed by atoms with Gasteiger partial charge < -0.3 is 11.5 Å². The number of anilines is 4. The lowest BCUT2D eigenvalue weighted by molar-refractivity contribution is -0.140. The number of benzene rings is 9. The number of alkyl halides is 18. The zero-order valence-electron chi connectivity index (χ0n) is 42.3. The van der Waals surface area contributed by atoms with Crippen LogP contribution in [0.1, 0.15) is 74.8 Å². The number of carbonyl (C=O) groups is 4. The van der Waals surface area contributed by atoms with Gasteiger partial charge in [-0.3, -0.25) is 19.2 Å². The van der Waals surface area contributed by atoms with Gasteiger partial charge in [0.2, 0.25) is 0 Å². The van der Waals surface area contributed by atoms with E-state index in [9.17, 15) is 71.9 Å². The molecule has 11 rings (SSSR count). The molecule has 0 spiro atoms. The number of nitrogens with two attached hydrogens (primary N) is 2. The topological polar surface area (TPSA) is 127 Å². The predicted molar refractivity (Wildman–Crippen MR) is 277 cm³/mol. The minimum Gasteiger partial charge on any atom is -0.399 e. The first-order valence-electron chi connectivity index (χ1n) is 24.6. The number of carbonyl (C=O) groups excluding carboxylic acids is 4. The molecule has 0 saturated heterocycles. The molecule has 9 aromatic carbocycles. The van der Waals surface area contributed by atoms with Crippen molar-refractivity contribution >= 4 is 67.9 Å². The number of hydrogen-bond donors (Lipinski definition) is 2. The van der Waals surface area contributed by atoms with Crippen molar-refractivity contribution < 1.29 is 98.2 Å². The zero-order valence-corrected chi connectivity index (χ0v) is 42.3. The Morgan fingerprint density at radius 1 is 0.256 bits per heavy atom. The molecule has 9 aromatic rings. The smallest absolute Gasteiger partial charge is 0.399 e. The molecule has 2 aliphatic rings. The van der Waals surface area contributed by atoms with Crippen LogP contribution in [0.4, 0.5) is 102 Å². The summed E-state index contributed by atoms with van der Waals surface area (Å²) in [5.74, 6) is -5.61. The summed E-state index contributed by atoms with van der Waals surface area (Å²) in [6.07, 6.45) is -32.4. The molecule has 0 radical (unpaired) electrons. The second-order valence-electron chi connectivity index (χ2n) is 19.7. The molecule has 8 nitrogen and oxygen atoms in total. The fraction of sp³-hybridized carbons (Fsp3) is 0.100. The molecule has 0 saturated carbocycles. The molecule has 2 aliphatic heterocycles. The third-order valence-electron chi connectivity index (χ3n) is 14.6. The summed E-state index contributed by atoms with van der Waals surface area (Å²) in [6.45, 7) is 0. The Balaban J connectivity index is 1.01. The molecule has 86 heavy (non-hydrogen) atoms. The van der Waals surface area contributed by atoms with Crippen LogP contribution in [0.3, 0.4) is 0 Å². The van der Waals surface area contributed by atoms with E-state index in [0.717, 1.165) is 84.9 Å². The Bertz CT molecular complexity index is 4130. The number of imide groups is 2. The number of nitrogens with zero attached hydrogens (tertiary/aromatic N) is 2. The van der Waals surface area contributed by atoms with Gasteiger partial charge in [0.1, 0.15) is 0 Å². The van der Waals surface area contributed by atoms with E-state index in [0.29, 0.717) is 36.4 Å². The maximum absolute atomic E-state index is 15.6. The Labute approximate surface area is 469 Å². The first kappa shape index (κ1) is 57.9. The third kappa shape index (κ3) is 9.51. The van der Waals surface area contributed by atoms with Crippen molar-refractivity contribution in [3.8, 4) is 44.5 Å². The van der Waals surface area contributed by atoms with Gasteiger partial charge in [-0.1, -0.05) is 60.7 Å². The zero-order chi connectivity index (χ0) is 62.4. The SMILES string of the molecule is Nc1ccc(-c2ccc(N3C(=O)c4cccc5c(-c6cc(C(F)(F)F)c(-c7ccc8c9c(cccc79)C(=O)N(c7ccc(-c9ccc(N)cc9C(F)(F)F)c(C(F)(F)F)c7)C8=O)cc6C(F)(F)F)ccc(c45)C3=O)cc2C(F)(F)F)c(C(F)(F)F)c1. The highest BCUT2D eigenvalue weighted by atomic mass is 19.4. The Morgan fingerprint density at radius 3 is 0.802 bits per heavy atom. The summed E-state index contributed by atoms with van der Waals surface area (Å²) >= 11 is 0. The second-order valence-corrected chi connectivity index (χ2v) is 19.7. The van der Waals surface area contributed by atoms with Gasteiger partial charge in [0.25, 0.3) is 23.6 Å². The molecule has 26 heteroatoms. The molecule has 2 heterocycles. The summed E-state index contributed by atoms with van der Waals surface area (Å²) < 4.78 is 267. The first-order valence-corrected chi connectivity index (χ1v) is 24.6. The number of halogens is 18. The van der Waals surface area contributed by atoms with Crippen LogP contribution < -0.4 is 21.3 Å². The summed E-state index contributed by atoms with van der Waals surface area (Å²) in [5.41, 5.74) is -11.6.